The lowest BCUT2D eigenvalue weighted by Gasteiger charge is -2.32. The van der Waals surface area contributed by atoms with E-state index in [0.717, 1.165) is 24.2 Å². The van der Waals surface area contributed by atoms with Crippen LogP contribution in [0.2, 0.25) is 0 Å². The van der Waals surface area contributed by atoms with Gasteiger partial charge in [0.15, 0.2) is 16.7 Å². The van der Waals surface area contributed by atoms with E-state index in [0.29, 0.717) is 53.2 Å². The molecule has 250 valence electrons. The maximum Gasteiger partial charge on any atom is 0.338 e. The van der Waals surface area contributed by atoms with Crippen molar-refractivity contribution in [2.24, 2.45) is 4.99 Å². The van der Waals surface area contributed by atoms with Crippen LogP contribution in [0.25, 0.3) is 0 Å². The lowest BCUT2D eigenvalue weighted by Crippen LogP contribution is -2.46. The average Bonchev–Trinajstić information content (AvgIpc) is 3.08. The van der Waals surface area contributed by atoms with E-state index in [1.807, 2.05) is 30.3 Å². The molecular weight excluding hydrogens is 618 g/mol. The van der Waals surface area contributed by atoms with Crippen LogP contribution in [-0.4, -0.2) is 67.1 Å². The number of hydrogen-bond donors (Lipinski definition) is 1. The molecule has 1 unspecified atom stereocenters. The van der Waals surface area contributed by atoms with Crippen molar-refractivity contribution in [1.82, 2.24) is 4.90 Å². The van der Waals surface area contributed by atoms with Crippen LogP contribution in [0.4, 0.5) is 11.4 Å². The molecular formula is C36H43N3O7S. The number of rotatable bonds is 16. The summed E-state index contributed by atoms with van der Waals surface area (Å²) in [4.78, 5) is 45.5. The molecule has 1 saturated heterocycles. The van der Waals surface area contributed by atoms with Crippen molar-refractivity contribution < 1.29 is 33.3 Å². The summed E-state index contributed by atoms with van der Waals surface area (Å²) in [5.74, 6) is 1.04. The monoisotopic (exact) mass is 661 g/mol. The first-order chi connectivity index (χ1) is 22.8. The summed E-state index contributed by atoms with van der Waals surface area (Å²) in [5, 5.41) is 2.65. The van der Waals surface area contributed by atoms with Crippen LogP contribution in [-0.2, 0) is 20.7 Å². The van der Waals surface area contributed by atoms with E-state index in [1.54, 1.807) is 62.4 Å². The van der Waals surface area contributed by atoms with E-state index in [9.17, 15) is 14.4 Å². The molecule has 2 amide bonds. The highest BCUT2D eigenvalue weighted by Gasteiger charge is 2.36. The van der Waals surface area contributed by atoms with Crippen LogP contribution >= 0.6 is 11.8 Å². The van der Waals surface area contributed by atoms with Crippen molar-refractivity contribution in [3.8, 4) is 17.2 Å². The number of nitrogens with one attached hydrogen (secondary N) is 1. The molecule has 10 nitrogen and oxygen atoms in total. The second-order valence-electron chi connectivity index (χ2n) is 10.9. The molecule has 11 heteroatoms. The molecule has 0 saturated carbocycles. The fourth-order valence-corrected chi connectivity index (χ4v) is 6.04. The Hall–Kier alpha value is -4.51. The zero-order valence-electron chi connectivity index (χ0n) is 27.5. The van der Waals surface area contributed by atoms with Gasteiger partial charge >= 0.3 is 5.97 Å². The van der Waals surface area contributed by atoms with E-state index < -0.39 is 11.2 Å². The van der Waals surface area contributed by atoms with E-state index in [1.165, 1.54) is 24.6 Å². The lowest BCUT2D eigenvalue weighted by molar-refractivity contribution is -0.129. The quantitative estimate of drug-likeness (QED) is 0.128. The summed E-state index contributed by atoms with van der Waals surface area (Å²) < 4.78 is 21.7. The number of hydrogen-bond acceptors (Lipinski definition) is 9. The molecule has 0 aromatic heterocycles. The van der Waals surface area contributed by atoms with Gasteiger partial charge in [-0.3, -0.25) is 14.5 Å². The van der Waals surface area contributed by atoms with Gasteiger partial charge in [-0.05, 0) is 86.0 Å². The molecule has 1 atom stereocenters. The maximum absolute atomic E-state index is 13.6. The summed E-state index contributed by atoms with van der Waals surface area (Å²) in [6.45, 7) is 5.20. The standard InChI is InChI=1S/C36H43N3O7S/c1-5-7-8-9-22-46-29-17-15-27(16-18-29)37-34(41)32-24-33(40)39(21-20-25-10-19-30(43-3)31(23-25)44-4)36(47-32)38-28-13-11-26(12-14-28)35(42)45-6-2/h10-19,23,32H,5-9,20-22,24H2,1-4H3,(H,37,41). The van der Waals surface area contributed by atoms with Crippen molar-refractivity contribution in [3.05, 3.63) is 77.9 Å². The van der Waals surface area contributed by atoms with Crippen LogP contribution in [0.3, 0.4) is 0 Å². The number of nitrogens with zero attached hydrogens (tertiary/aromatic N) is 2. The number of carbonyl (C=O) groups is 3. The normalized spacial score (nSPS) is 15.3. The maximum atomic E-state index is 13.6. The number of amidine groups is 1. The highest BCUT2D eigenvalue weighted by molar-refractivity contribution is 8.15. The Bertz CT molecular complexity index is 1530. The molecule has 4 rings (SSSR count). The van der Waals surface area contributed by atoms with Crippen LogP contribution in [0.5, 0.6) is 17.2 Å². The first-order valence-corrected chi connectivity index (χ1v) is 16.8. The van der Waals surface area contributed by atoms with Gasteiger partial charge in [0.1, 0.15) is 11.0 Å². The van der Waals surface area contributed by atoms with E-state index in [-0.39, 0.29) is 24.8 Å². The average molecular weight is 662 g/mol. The van der Waals surface area contributed by atoms with E-state index >= 15 is 0 Å². The smallest absolute Gasteiger partial charge is 0.338 e. The van der Waals surface area contributed by atoms with Crippen LogP contribution in [0.1, 0.15) is 61.9 Å². The van der Waals surface area contributed by atoms with Crippen molar-refractivity contribution in [3.63, 3.8) is 0 Å². The van der Waals surface area contributed by atoms with Crippen molar-refractivity contribution in [1.29, 1.82) is 0 Å². The number of aliphatic imine (C=N–C) groups is 1. The number of thioether (sulfide) groups is 1. The number of anilines is 1. The number of carbonyl (C=O) groups excluding carboxylic acids is 3. The van der Waals surface area contributed by atoms with Crippen LogP contribution in [0, 0.1) is 0 Å². The number of unbranched alkanes of at least 4 members (excludes halogenated alkanes) is 3. The van der Waals surface area contributed by atoms with Gasteiger partial charge in [0.2, 0.25) is 11.8 Å². The van der Waals surface area contributed by atoms with Crippen molar-refractivity contribution in [2.75, 3.05) is 39.3 Å². The Labute approximate surface area is 280 Å². The first-order valence-electron chi connectivity index (χ1n) is 15.9. The molecule has 1 aliphatic rings. The number of ether oxygens (including phenoxy) is 4. The Morgan fingerprint density at radius 2 is 1.68 bits per heavy atom. The minimum absolute atomic E-state index is 0.0161. The first kappa shape index (κ1) is 35.3. The Morgan fingerprint density at radius 1 is 0.936 bits per heavy atom. The van der Waals surface area contributed by atoms with Gasteiger partial charge in [-0.15, -0.1) is 0 Å². The molecule has 0 radical (unpaired) electrons. The number of benzene rings is 3. The molecule has 1 fully saturated rings. The van der Waals surface area contributed by atoms with Crippen LogP contribution < -0.4 is 19.5 Å². The molecule has 0 bridgehead atoms. The lowest BCUT2D eigenvalue weighted by atomic mass is 10.1. The van der Waals surface area contributed by atoms with Gasteiger partial charge in [0.25, 0.3) is 0 Å². The summed E-state index contributed by atoms with van der Waals surface area (Å²) in [7, 11) is 3.16. The van der Waals surface area contributed by atoms with Gasteiger partial charge in [0, 0.05) is 18.7 Å². The molecule has 47 heavy (non-hydrogen) atoms. The molecule has 0 aliphatic carbocycles. The molecule has 3 aromatic rings. The second-order valence-corrected chi connectivity index (χ2v) is 12.0. The Kier molecular flexibility index (Phi) is 13.5. The van der Waals surface area contributed by atoms with Crippen molar-refractivity contribution in [2.45, 2.75) is 57.6 Å². The van der Waals surface area contributed by atoms with E-state index in [4.69, 9.17) is 23.9 Å². The number of amides is 2. The third-order valence-corrected chi connectivity index (χ3v) is 8.68. The predicted molar refractivity (Wildman–Crippen MR) is 185 cm³/mol. The summed E-state index contributed by atoms with van der Waals surface area (Å²) in [5.41, 5.74) is 2.51. The number of methoxy groups -OCH3 is 2. The SMILES string of the molecule is CCCCCCOc1ccc(NC(=O)C2CC(=O)N(CCc3ccc(OC)c(OC)c3)C(=Nc3ccc(C(=O)OCC)cc3)S2)cc1. The molecule has 1 N–H and O–H groups in total. The van der Waals surface area contributed by atoms with Gasteiger partial charge in [0.05, 0.1) is 38.7 Å². The van der Waals surface area contributed by atoms with Crippen LogP contribution in [0.15, 0.2) is 71.7 Å². The highest BCUT2D eigenvalue weighted by atomic mass is 32.2. The zero-order valence-corrected chi connectivity index (χ0v) is 28.3. The summed E-state index contributed by atoms with van der Waals surface area (Å²) >= 11 is 1.24. The predicted octanol–water partition coefficient (Wildman–Crippen LogP) is 7.04. The largest absolute Gasteiger partial charge is 0.494 e. The Morgan fingerprint density at radius 3 is 2.36 bits per heavy atom. The topological polar surface area (TPSA) is 116 Å². The second kappa shape index (κ2) is 18.0. The van der Waals surface area contributed by atoms with Gasteiger partial charge < -0.3 is 24.3 Å². The Balaban J connectivity index is 1.48. The fourth-order valence-electron chi connectivity index (χ4n) is 4.91. The van der Waals surface area contributed by atoms with E-state index in [2.05, 4.69) is 12.2 Å². The zero-order chi connectivity index (χ0) is 33.6. The summed E-state index contributed by atoms with van der Waals surface area (Å²) in [6, 6.07) is 19.5. The number of esters is 1. The molecule has 1 aliphatic heterocycles. The summed E-state index contributed by atoms with van der Waals surface area (Å²) in [6.07, 6.45) is 5.05. The third-order valence-electron chi connectivity index (χ3n) is 7.50. The van der Waals surface area contributed by atoms with Crippen molar-refractivity contribution >= 4 is 46.1 Å². The molecule has 0 spiro atoms. The van der Waals surface area contributed by atoms with Gasteiger partial charge in [-0.2, -0.15) is 0 Å². The van der Waals surface area contributed by atoms with Gasteiger partial charge in [-0.25, -0.2) is 9.79 Å². The fraction of sp³-hybridized carbons (Fsp3) is 0.389. The van der Waals surface area contributed by atoms with Gasteiger partial charge in [-0.1, -0.05) is 44.0 Å². The minimum atomic E-state index is -0.688. The highest BCUT2D eigenvalue weighted by Crippen LogP contribution is 2.32. The molecule has 3 aromatic carbocycles. The molecule has 1 heterocycles. The minimum Gasteiger partial charge on any atom is -0.494 e. The third kappa shape index (κ3) is 10.2.